The van der Waals surface area contributed by atoms with Crippen LogP contribution in [0.2, 0.25) is 0 Å². The van der Waals surface area contributed by atoms with Crippen molar-refractivity contribution in [2.45, 2.75) is 37.8 Å². The molecule has 1 unspecified atom stereocenters. The Morgan fingerprint density at radius 3 is 2.87 bits per heavy atom. The molecule has 1 atom stereocenters. The van der Waals surface area contributed by atoms with Crippen LogP contribution >= 0.6 is 0 Å². The van der Waals surface area contributed by atoms with Crippen LogP contribution < -0.4 is 5.32 Å². The van der Waals surface area contributed by atoms with E-state index in [4.69, 9.17) is 0 Å². The van der Waals surface area contributed by atoms with Gasteiger partial charge >= 0.3 is 0 Å². The van der Waals surface area contributed by atoms with E-state index >= 15 is 0 Å². The summed E-state index contributed by atoms with van der Waals surface area (Å²) >= 11 is 0. The Morgan fingerprint density at radius 1 is 1.40 bits per heavy atom. The molecule has 1 aliphatic heterocycles. The molecule has 2 fully saturated rings. The maximum atomic E-state index is 9.53. The van der Waals surface area contributed by atoms with Crippen LogP contribution in [0, 0.1) is 0 Å². The van der Waals surface area contributed by atoms with Crippen LogP contribution in [0.25, 0.3) is 0 Å². The molecule has 1 heterocycles. The van der Waals surface area contributed by atoms with Crippen LogP contribution in [0.15, 0.2) is 12.2 Å². The summed E-state index contributed by atoms with van der Waals surface area (Å²) in [6.45, 7) is 7.90. The van der Waals surface area contributed by atoms with Crippen molar-refractivity contribution in [3.8, 4) is 0 Å². The predicted octanol–water partition coefficient (Wildman–Crippen LogP) is 0.751. The van der Waals surface area contributed by atoms with Crippen molar-refractivity contribution in [1.29, 1.82) is 0 Å². The molecule has 0 bridgehead atoms. The van der Waals surface area contributed by atoms with Crippen LogP contribution in [0.1, 0.15) is 25.7 Å². The highest BCUT2D eigenvalue weighted by Crippen LogP contribution is 2.18. The summed E-state index contributed by atoms with van der Waals surface area (Å²) in [5, 5.41) is 13.0. The highest BCUT2D eigenvalue weighted by atomic mass is 16.3. The van der Waals surface area contributed by atoms with Gasteiger partial charge in [-0.3, -0.25) is 4.90 Å². The summed E-state index contributed by atoms with van der Waals surface area (Å²) in [5.41, 5.74) is 1.25. The van der Waals surface area contributed by atoms with Gasteiger partial charge in [-0.05, 0) is 37.8 Å². The molecule has 0 aromatic heterocycles. The molecule has 1 aliphatic carbocycles. The summed E-state index contributed by atoms with van der Waals surface area (Å²) in [6, 6.07) is 0.758. The molecule has 2 rings (SSSR count). The molecule has 0 aromatic carbocycles. The Kier molecular flexibility index (Phi) is 3.78. The van der Waals surface area contributed by atoms with Crippen molar-refractivity contribution >= 4 is 0 Å². The van der Waals surface area contributed by atoms with Crippen molar-refractivity contribution in [1.82, 2.24) is 10.2 Å². The lowest BCUT2D eigenvalue weighted by molar-refractivity contribution is 0.0755. The zero-order chi connectivity index (χ0) is 10.7. The van der Waals surface area contributed by atoms with E-state index in [-0.39, 0.29) is 6.10 Å². The second-order valence-electron chi connectivity index (χ2n) is 4.94. The molecule has 0 aromatic rings. The summed E-state index contributed by atoms with van der Waals surface area (Å²) in [4.78, 5) is 2.31. The number of hydrogen-bond donors (Lipinski definition) is 2. The summed E-state index contributed by atoms with van der Waals surface area (Å²) in [6.07, 6.45) is 4.61. The SMILES string of the molecule is C=C(CNC1CC1)CN1CCCC(O)C1. The lowest BCUT2D eigenvalue weighted by Gasteiger charge is -2.30. The van der Waals surface area contributed by atoms with Crippen LogP contribution in [0.4, 0.5) is 0 Å². The maximum Gasteiger partial charge on any atom is 0.0667 e. The predicted molar refractivity (Wildman–Crippen MR) is 61.8 cm³/mol. The topological polar surface area (TPSA) is 35.5 Å². The van der Waals surface area contributed by atoms with E-state index in [9.17, 15) is 5.11 Å². The second-order valence-corrected chi connectivity index (χ2v) is 4.94. The number of aliphatic hydroxyl groups excluding tert-OH is 1. The van der Waals surface area contributed by atoms with Crippen molar-refractivity contribution in [3.63, 3.8) is 0 Å². The second kappa shape index (κ2) is 5.10. The molecule has 3 nitrogen and oxygen atoms in total. The van der Waals surface area contributed by atoms with Gasteiger partial charge in [0.25, 0.3) is 0 Å². The third kappa shape index (κ3) is 3.93. The smallest absolute Gasteiger partial charge is 0.0667 e. The molecule has 3 heteroatoms. The molecule has 0 spiro atoms. The first kappa shape index (κ1) is 11.1. The van der Waals surface area contributed by atoms with Gasteiger partial charge in [-0.1, -0.05) is 6.58 Å². The molecule has 86 valence electrons. The lowest BCUT2D eigenvalue weighted by atomic mass is 10.1. The van der Waals surface area contributed by atoms with Gasteiger partial charge in [0.15, 0.2) is 0 Å². The number of nitrogens with one attached hydrogen (secondary N) is 1. The maximum absolute atomic E-state index is 9.53. The fourth-order valence-electron chi connectivity index (χ4n) is 2.12. The average Bonchev–Trinajstić information content (AvgIpc) is 2.98. The van der Waals surface area contributed by atoms with E-state index in [0.717, 1.165) is 45.1 Å². The molecular weight excluding hydrogens is 188 g/mol. The third-order valence-corrected chi connectivity index (χ3v) is 3.15. The first-order chi connectivity index (χ1) is 7.24. The minimum atomic E-state index is -0.122. The van der Waals surface area contributed by atoms with Gasteiger partial charge in [-0.25, -0.2) is 0 Å². The standard InChI is InChI=1S/C12H22N2O/c1-10(7-13-11-4-5-11)8-14-6-2-3-12(15)9-14/h11-13,15H,1-9H2. The quantitative estimate of drug-likeness (QED) is 0.657. The van der Waals surface area contributed by atoms with E-state index in [0.29, 0.717) is 0 Å². The Balaban J connectivity index is 1.63. The van der Waals surface area contributed by atoms with Gasteiger partial charge in [0.1, 0.15) is 0 Å². The molecule has 0 amide bonds. The van der Waals surface area contributed by atoms with Crippen LogP contribution in [-0.2, 0) is 0 Å². The fourth-order valence-corrected chi connectivity index (χ4v) is 2.12. The summed E-state index contributed by atoms with van der Waals surface area (Å²) < 4.78 is 0. The molecule has 1 saturated carbocycles. The number of aliphatic hydroxyl groups is 1. The van der Waals surface area contributed by atoms with Crippen LogP contribution in [-0.4, -0.2) is 48.3 Å². The number of nitrogens with zero attached hydrogens (tertiary/aromatic N) is 1. The molecule has 0 radical (unpaired) electrons. The summed E-state index contributed by atoms with van der Waals surface area (Å²) in [7, 11) is 0. The Bertz CT molecular complexity index is 226. The van der Waals surface area contributed by atoms with Crippen LogP contribution in [0.5, 0.6) is 0 Å². The van der Waals surface area contributed by atoms with Gasteiger partial charge in [0, 0.05) is 25.7 Å². The Labute approximate surface area is 92.2 Å². The number of likely N-dealkylation sites (tertiary alicyclic amines) is 1. The zero-order valence-corrected chi connectivity index (χ0v) is 9.41. The van der Waals surface area contributed by atoms with Gasteiger partial charge in [-0.15, -0.1) is 0 Å². The van der Waals surface area contributed by atoms with Crippen LogP contribution in [0.3, 0.4) is 0 Å². The van der Waals surface area contributed by atoms with E-state index in [2.05, 4.69) is 16.8 Å². The molecule has 15 heavy (non-hydrogen) atoms. The van der Waals surface area contributed by atoms with Crippen molar-refractivity contribution in [2.24, 2.45) is 0 Å². The highest BCUT2D eigenvalue weighted by molar-refractivity contribution is 5.02. The fraction of sp³-hybridized carbons (Fsp3) is 0.833. The zero-order valence-electron chi connectivity index (χ0n) is 9.41. The van der Waals surface area contributed by atoms with Gasteiger partial charge in [0.2, 0.25) is 0 Å². The normalized spacial score (nSPS) is 27.9. The Hall–Kier alpha value is -0.380. The first-order valence-electron chi connectivity index (χ1n) is 6.04. The average molecular weight is 210 g/mol. The molecular formula is C12H22N2O. The molecule has 2 N–H and O–H groups in total. The van der Waals surface area contributed by atoms with Gasteiger partial charge < -0.3 is 10.4 Å². The van der Waals surface area contributed by atoms with Gasteiger partial charge in [0.05, 0.1) is 6.10 Å². The minimum absolute atomic E-state index is 0.122. The Morgan fingerprint density at radius 2 is 2.20 bits per heavy atom. The molecule has 2 aliphatic rings. The molecule has 1 saturated heterocycles. The van der Waals surface area contributed by atoms with E-state index in [1.165, 1.54) is 18.4 Å². The summed E-state index contributed by atoms with van der Waals surface area (Å²) in [5.74, 6) is 0. The monoisotopic (exact) mass is 210 g/mol. The first-order valence-corrected chi connectivity index (χ1v) is 6.04. The highest BCUT2D eigenvalue weighted by Gasteiger charge is 2.21. The van der Waals surface area contributed by atoms with Gasteiger partial charge in [-0.2, -0.15) is 0 Å². The number of piperidine rings is 1. The van der Waals surface area contributed by atoms with E-state index < -0.39 is 0 Å². The number of rotatable bonds is 5. The lowest BCUT2D eigenvalue weighted by Crippen LogP contribution is -2.40. The van der Waals surface area contributed by atoms with Crippen molar-refractivity contribution < 1.29 is 5.11 Å². The van der Waals surface area contributed by atoms with Crippen molar-refractivity contribution in [3.05, 3.63) is 12.2 Å². The van der Waals surface area contributed by atoms with Crippen molar-refractivity contribution in [2.75, 3.05) is 26.2 Å². The minimum Gasteiger partial charge on any atom is -0.392 e. The van der Waals surface area contributed by atoms with E-state index in [1.54, 1.807) is 0 Å². The third-order valence-electron chi connectivity index (χ3n) is 3.15. The largest absolute Gasteiger partial charge is 0.392 e. The van der Waals surface area contributed by atoms with E-state index in [1.807, 2.05) is 0 Å². The number of hydrogen-bond acceptors (Lipinski definition) is 3. The number of β-amino-alcohol motifs (C(OH)–C–C–N with tert-alkyl or cyclic N) is 1.